The van der Waals surface area contributed by atoms with E-state index in [1.807, 2.05) is 13.8 Å². The first-order chi connectivity index (χ1) is 7.08. The average Bonchev–Trinajstić information content (AvgIpc) is 2.24. The number of nitrogens with zero attached hydrogens (tertiary/aromatic N) is 4. The highest BCUT2D eigenvalue weighted by Gasteiger charge is 2.21. The minimum Gasteiger partial charge on any atom is -0.198 e. The highest BCUT2D eigenvalue weighted by atomic mass is 15.1. The third kappa shape index (κ3) is 5.80. The molecule has 15 heavy (non-hydrogen) atoms. The van der Waals surface area contributed by atoms with Gasteiger partial charge in [0.15, 0.2) is 5.54 Å². The van der Waals surface area contributed by atoms with Crippen molar-refractivity contribution in [2.75, 3.05) is 6.54 Å². The lowest BCUT2D eigenvalue weighted by Crippen LogP contribution is -2.18. The molecule has 2 unspecified atom stereocenters. The van der Waals surface area contributed by atoms with Crippen molar-refractivity contribution in [2.45, 2.75) is 45.6 Å². The molecule has 0 aromatic heterocycles. The summed E-state index contributed by atoms with van der Waals surface area (Å²) in [7, 11) is 0. The second-order valence-corrected chi connectivity index (χ2v) is 3.92. The maximum atomic E-state index is 8.91. The van der Waals surface area contributed by atoms with E-state index < -0.39 is 5.54 Å². The molecule has 0 heterocycles. The van der Waals surface area contributed by atoms with Crippen molar-refractivity contribution >= 4 is 0 Å². The van der Waals surface area contributed by atoms with Gasteiger partial charge in [0.05, 0.1) is 18.7 Å². The zero-order valence-electron chi connectivity index (χ0n) is 9.69. The summed E-state index contributed by atoms with van der Waals surface area (Å²) < 4.78 is 0. The van der Waals surface area contributed by atoms with Gasteiger partial charge in [-0.1, -0.05) is 13.3 Å². The van der Waals surface area contributed by atoms with Gasteiger partial charge in [0, 0.05) is 5.92 Å². The monoisotopic (exact) mass is 206 g/mol. The molecular formula is C11H18N4. The number of nitriles is 2. The first-order valence-corrected chi connectivity index (χ1v) is 5.27. The summed E-state index contributed by atoms with van der Waals surface area (Å²) in [4.78, 5) is 0. The van der Waals surface area contributed by atoms with Crippen LogP contribution in [0.25, 0.3) is 0 Å². The molecule has 0 aromatic carbocycles. The van der Waals surface area contributed by atoms with E-state index in [1.165, 1.54) is 0 Å². The first kappa shape index (κ1) is 13.6. The fourth-order valence-electron chi connectivity index (χ4n) is 1.14. The van der Waals surface area contributed by atoms with Crippen LogP contribution in [-0.4, -0.2) is 12.1 Å². The first-order valence-electron chi connectivity index (χ1n) is 5.27. The molecule has 82 valence electrons. The maximum Gasteiger partial charge on any atom is 0.164 e. The summed E-state index contributed by atoms with van der Waals surface area (Å²) in [5.41, 5.74) is -0.690. The van der Waals surface area contributed by atoms with E-state index in [-0.39, 0.29) is 5.92 Å². The molecule has 0 fully saturated rings. The smallest absolute Gasteiger partial charge is 0.164 e. The van der Waals surface area contributed by atoms with Gasteiger partial charge in [0.1, 0.15) is 0 Å². The molecule has 0 aromatic rings. The van der Waals surface area contributed by atoms with E-state index in [1.54, 1.807) is 6.92 Å². The molecule has 0 aliphatic rings. The van der Waals surface area contributed by atoms with Gasteiger partial charge in [-0.25, -0.2) is 0 Å². The fourth-order valence-corrected chi connectivity index (χ4v) is 1.14. The van der Waals surface area contributed by atoms with Crippen LogP contribution in [0, 0.1) is 28.6 Å². The van der Waals surface area contributed by atoms with Crippen LogP contribution in [0.15, 0.2) is 10.2 Å². The van der Waals surface area contributed by atoms with E-state index in [0.29, 0.717) is 13.0 Å². The van der Waals surface area contributed by atoms with E-state index in [2.05, 4.69) is 22.4 Å². The van der Waals surface area contributed by atoms with Crippen LogP contribution in [-0.2, 0) is 0 Å². The molecule has 0 saturated heterocycles. The van der Waals surface area contributed by atoms with Crippen molar-refractivity contribution in [2.24, 2.45) is 16.1 Å². The summed E-state index contributed by atoms with van der Waals surface area (Å²) in [6.45, 7) is 6.18. The number of azo groups is 1. The van der Waals surface area contributed by atoms with Gasteiger partial charge in [-0.05, 0) is 26.7 Å². The van der Waals surface area contributed by atoms with E-state index in [9.17, 15) is 0 Å². The lowest BCUT2D eigenvalue weighted by molar-refractivity contribution is 0.501. The molecular weight excluding hydrogens is 188 g/mol. The topological polar surface area (TPSA) is 72.3 Å². The van der Waals surface area contributed by atoms with Crippen LogP contribution in [0.3, 0.4) is 0 Å². The Hall–Kier alpha value is -1.42. The van der Waals surface area contributed by atoms with Gasteiger partial charge < -0.3 is 0 Å². The lowest BCUT2D eigenvalue weighted by Gasteiger charge is -2.12. The molecule has 0 bridgehead atoms. The van der Waals surface area contributed by atoms with Crippen LogP contribution in [0.2, 0.25) is 0 Å². The highest BCUT2D eigenvalue weighted by Crippen LogP contribution is 2.16. The zero-order chi connectivity index (χ0) is 11.7. The maximum absolute atomic E-state index is 8.91. The Morgan fingerprint density at radius 3 is 2.53 bits per heavy atom. The molecule has 0 rings (SSSR count). The van der Waals surface area contributed by atoms with Crippen molar-refractivity contribution in [1.29, 1.82) is 10.5 Å². The van der Waals surface area contributed by atoms with Crippen LogP contribution < -0.4 is 0 Å². The number of hydrogen-bond acceptors (Lipinski definition) is 4. The fraction of sp³-hybridized carbons (Fsp3) is 0.818. The second-order valence-electron chi connectivity index (χ2n) is 3.92. The Morgan fingerprint density at radius 2 is 2.07 bits per heavy atom. The SMILES string of the molecule is CCCC(C)(C#N)N=NCCC(C)C#N. The van der Waals surface area contributed by atoms with Gasteiger partial charge >= 0.3 is 0 Å². The van der Waals surface area contributed by atoms with E-state index >= 15 is 0 Å². The van der Waals surface area contributed by atoms with E-state index in [0.717, 1.165) is 12.8 Å². The lowest BCUT2D eigenvalue weighted by atomic mass is 10.00. The van der Waals surface area contributed by atoms with E-state index in [4.69, 9.17) is 10.5 Å². The molecule has 4 heteroatoms. The Labute approximate surface area is 91.6 Å². The highest BCUT2D eigenvalue weighted by molar-refractivity contribution is 5.02. The molecule has 0 aliphatic carbocycles. The third-order valence-electron chi connectivity index (χ3n) is 2.15. The molecule has 0 N–H and O–H groups in total. The molecule has 0 radical (unpaired) electrons. The molecule has 0 spiro atoms. The van der Waals surface area contributed by atoms with Gasteiger partial charge in [0.25, 0.3) is 0 Å². The molecule has 2 atom stereocenters. The van der Waals surface area contributed by atoms with Gasteiger partial charge in [-0.3, -0.25) is 0 Å². The van der Waals surface area contributed by atoms with Crippen molar-refractivity contribution < 1.29 is 0 Å². The molecule has 4 nitrogen and oxygen atoms in total. The van der Waals surface area contributed by atoms with Crippen molar-refractivity contribution in [1.82, 2.24) is 0 Å². The Bertz CT molecular complexity index is 284. The van der Waals surface area contributed by atoms with Crippen molar-refractivity contribution in [3.05, 3.63) is 0 Å². The summed E-state index contributed by atoms with van der Waals surface area (Å²) in [6.07, 6.45) is 2.34. The van der Waals surface area contributed by atoms with Gasteiger partial charge in [-0.2, -0.15) is 20.8 Å². The standard InChI is InChI=1S/C11H18N4/c1-4-6-11(3,9-13)15-14-7-5-10(2)8-12/h10H,4-7H2,1-3H3. The number of hydrogen-bond donors (Lipinski definition) is 0. The van der Waals surface area contributed by atoms with Crippen molar-refractivity contribution in [3.8, 4) is 12.1 Å². The van der Waals surface area contributed by atoms with Gasteiger partial charge in [0.2, 0.25) is 0 Å². The second kappa shape index (κ2) is 6.95. The normalized spacial score (nSPS) is 16.6. The third-order valence-corrected chi connectivity index (χ3v) is 2.15. The minimum absolute atomic E-state index is 0.00321. The quantitative estimate of drug-likeness (QED) is 0.626. The van der Waals surface area contributed by atoms with Crippen LogP contribution in [0.4, 0.5) is 0 Å². The van der Waals surface area contributed by atoms with Crippen LogP contribution in [0.1, 0.15) is 40.0 Å². The summed E-state index contributed by atoms with van der Waals surface area (Å²) in [5, 5.41) is 25.5. The predicted octanol–water partition coefficient (Wildman–Crippen LogP) is 3.07. The Balaban J connectivity index is 4.05. The number of rotatable bonds is 6. The van der Waals surface area contributed by atoms with Gasteiger partial charge in [-0.15, -0.1) is 0 Å². The van der Waals surface area contributed by atoms with Crippen molar-refractivity contribution in [3.63, 3.8) is 0 Å². The Morgan fingerprint density at radius 1 is 1.40 bits per heavy atom. The molecule has 0 saturated carbocycles. The minimum atomic E-state index is -0.690. The molecule has 0 amide bonds. The predicted molar refractivity (Wildman–Crippen MR) is 58.0 cm³/mol. The average molecular weight is 206 g/mol. The van der Waals surface area contributed by atoms with Crippen LogP contribution >= 0.6 is 0 Å². The largest absolute Gasteiger partial charge is 0.198 e. The van der Waals surface area contributed by atoms with Crippen LogP contribution in [0.5, 0.6) is 0 Å². The summed E-state index contributed by atoms with van der Waals surface area (Å²) in [5.74, 6) is 0.00321. The zero-order valence-corrected chi connectivity index (χ0v) is 9.69. The molecule has 0 aliphatic heterocycles. The summed E-state index contributed by atoms with van der Waals surface area (Å²) in [6, 6.07) is 4.29. The Kier molecular flexibility index (Phi) is 6.29. The summed E-state index contributed by atoms with van der Waals surface area (Å²) >= 11 is 0.